The van der Waals surface area contributed by atoms with Gasteiger partial charge < -0.3 is 19.3 Å². The molecule has 2 N–H and O–H groups in total. The minimum absolute atomic E-state index is 0.172. The van der Waals surface area contributed by atoms with Crippen LogP contribution in [0.4, 0.5) is 5.69 Å². The molecule has 5 nitrogen and oxygen atoms in total. The van der Waals surface area contributed by atoms with Crippen LogP contribution in [0.3, 0.4) is 0 Å². The van der Waals surface area contributed by atoms with Crippen LogP contribution < -0.4 is 5.32 Å². The van der Waals surface area contributed by atoms with E-state index >= 15 is 0 Å². The highest BCUT2D eigenvalue weighted by Crippen LogP contribution is 2.32. The fourth-order valence-corrected chi connectivity index (χ4v) is 3.42. The maximum absolute atomic E-state index is 11.9. The van der Waals surface area contributed by atoms with Gasteiger partial charge in [0.1, 0.15) is 17.3 Å². The number of carboxylic acids is 1. The first-order chi connectivity index (χ1) is 13.0. The number of anilines is 1. The van der Waals surface area contributed by atoms with Crippen LogP contribution in [-0.4, -0.2) is 16.8 Å². The van der Waals surface area contributed by atoms with E-state index in [-0.39, 0.29) is 11.8 Å². The number of benzene rings is 1. The van der Waals surface area contributed by atoms with Crippen LogP contribution in [0.1, 0.15) is 54.6 Å². The Balaban J connectivity index is 1.89. The monoisotopic (exact) mass is 385 g/mol. The smallest absolute Gasteiger partial charge is 0.334 e. The quantitative estimate of drug-likeness (QED) is 0.459. The van der Waals surface area contributed by atoms with E-state index in [2.05, 4.69) is 31.8 Å². The maximum atomic E-state index is 11.9. The fraction of sp³-hybridized carbons (Fsp3) is 0.286. The zero-order chi connectivity index (χ0) is 19.4. The Morgan fingerprint density at radius 3 is 2.44 bits per heavy atom. The van der Waals surface area contributed by atoms with Gasteiger partial charge in [0.25, 0.3) is 0 Å². The van der Waals surface area contributed by atoms with Crippen molar-refractivity contribution in [3.8, 4) is 0 Å². The van der Waals surface area contributed by atoms with Crippen LogP contribution >= 0.6 is 12.6 Å². The molecule has 1 aromatic carbocycles. The molecule has 3 rings (SSSR count). The summed E-state index contributed by atoms with van der Waals surface area (Å²) in [6, 6.07) is 13.9. The molecule has 0 fully saturated rings. The first-order valence-electron chi connectivity index (χ1n) is 8.83. The van der Waals surface area contributed by atoms with Crippen LogP contribution in [0.5, 0.6) is 0 Å². The lowest BCUT2D eigenvalue weighted by molar-refractivity contribution is -0.138. The van der Waals surface area contributed by atoms with Crippen LogP contribution in [0.25, 0.3) is 0 Å². The average Bonchev–Trinajstić information content (AvgIpc) is 3.33. The normalized spacial score (nSPS) is 13.5. The van der Waals surface area contributed by atoms with Gasteiger partial charge in [0.15, 0.2) is 6.04 Å². The molecule has 0 amide bonds. The molecule has 0 saturated carbocycles. The van der Waals surface area contributed by atoms with E-state index in [1.54, 1.807) is 24.5 Å². The molecule has 6 heteroatoms. The number of hydrogen-bond donors (Lipinski definition) is 3. The molecule has 0 radical (unpaired) electrons. The van der Waals surface area contributed by atoms with Gasteiger partial charge in [0.05, 0.1) is 12.2 Å². The highest BCUT2D eigenvalue weighted by atomic mass is 32.1. The van der Waals surface area contributed by atoms with Crippen LogP contribution in [0.15, 0.2) is 63.6 Å². The molecule has 2 aromatic heterocycles. The summed E-state index contributed by atoms with van der Waals surface area (Å²) in [4.78, 5) is 11.9. The first kappa shape index (κ1) is 19.2. The van der Waals surface area contributed by atoms with E-state index in [4.69, 9.17) is 8.83 Å². The highest BCUT2D eigenvalue weighted by Gasteiger charge is 2.27. The first-order valence-corrected chi connectivity index (χ1v) is 9.46. The second-order valence-corrected chi connectivity index (χ2v) is 7.01. The van der Waals surface area contributed by atoms with Crippen LogP contribution in [0, 0.1) is 0 Å². The number of carbonyl (C=O) groups is 1. The minimum Gasteiger partial charge on any atom is -0.479 e. The van der Waals surface area contributed by atoms with Gasteiger partial charge in [-0.3, -0.25) is 0 Å². The number of hydrogen-bond acceptors (Lipinski definition) is 5. The second-order valence-electron chi connectivity index (χ2n) is 6.65. The number of thiol groups is 1. The third-order valence-corrected chi connectivity index (χ3v) is 4.84. The van der Waals surface area contributed by atoms with Crippen molar-refractivity contribution < 1.29 is 18.7 Å². The molecule has 27 heavy (non-hydrogen) atoms. The Bertz CT molecular complexity index is 885. The summed E-state index contributed by atoms with van der Waals surface area (Å²) in [6.07, 6.45) is 1.60. The largest absolute Gasteiger partial charge is 0.479 e. The van der Waals surface area contributed by atoms with E-state index in [1.165, 1.54) is 0 Å². The Morgan fingerprint density at radius 2 is 1.81 bits per heavy atom. The van der Waals surface area contributed by atoms with Crippen LogP contribution in [0.2, 0.25) is 0 Å². The summed E-state index contributed by atoms with van der Waals surface area (Å²) < 4.78 is 11.4. The van der Waals surface area contributed by atoms with E-state index < -0.39 is 12.0 Å². The van der Waals surface area contributed by atoms with Crippen molar-refractivity contribution in [2.24, 2.45) is 0 Å². The molecule has 142 valence electrons. The number of para-hydroxylation sites is 1. The number of carboxylic acid groups (broad SMARTS) is 1. The summed E-state index contributed by atoms with van der Waals surface area (Å²) in [7, 11) is 0. The lowest BCUT2D eigenvalue weighted by Gasteiger charge is -2.18. The SMILES string of the molecule is CC(C)c1ccccc1NC(C(=O)O)c1ccc(C(CS)c2ccco2)o1. The topological polar surface area (TPSA) is 75.6 Å². The Hall–Kier alpha value is -2.60. The molecule has 2 atom stereocenters. The van der Waals surface area contributed by atoms with E-state index in [1.807, 2.05) is 30.3 Å². The van der Waals surface area contributed by atoms with Crippen molar-refractivity contribution in [2.45, 2.75) is 31.7 Å². The van der Waals surface area contributed by atoms with Gasteiger partial charge in [-0.05, 0) is 41.8 Å². The molecule has 0 aliphatic carbocycles. The van der Waals surface area contributed by atoms with Gasteiger partial charge in [0, 0.05) is 11.4 Å². The van der Waals surface area contributed by atoms with Crippen molar-refractivity contribution in [1.29, 1.82) is 0 Å². The third-order valence-electron chi connectivity index (χ3n) is 4.47. The number of nitrogens with one attached hydrogen (secondary N) is 1. The van der Waals surface area contributed by atoms with E-state index in [0.29, 0.717) is 17.3 Å². The molecule has 0 saturated heterocycles. The molecular weight excluding hydrogens is 362 g/mol. The summed E-state index contributed by atoms with van der Waals surface area (Å²) in [5, 5.41) is 12.9. The molecule has 2 heterocycles. The molecule has 0 spiro atoms. The molecule has 3 aromatic rings. The fourth-order valence-electron chi connectivity index (χ4n) is 3.06. The number of aliphatic carboxylic acids is 1. The highest BCUT2D eigenvalue weighted by molar-refractivity contribution is 7.80. The average molecular weight is 385 g/mol. The van der Waals surface area contributed by atoms with Crippen molar-refractivity contribution in [2.75, 3.05) is 11.1 Å². The number of rotatable bonds is 8. The molecular formula is C21H23NO4S. The van der Waals surface area contributed by atoms with Crippen molar-refractivity contribution in [3.05, 3.63) is 77.6 Å². The Kier molecular flexibility index (Phi) is 5.96. The molecule has 0 bridgehead atoms. The van der Waals surface area contributed by atoms with Gasteiger partial charge in [-0.2, -0.15) is 12.6 Å². The zero-order valence-electron chi connectivity index (χ0n) is 15.3. The Labute approximate surface area is 163 Å². The van der Waals surface area contributed by atoms with Crippen molar-refractivity contribution in [1.82, 2.24) is 0 Å². The molecule has 0 aliphatic heterocycles. The molecule has 0 aliphatic rings. The zero-order valence-corrected chi connectivity index (χ0v) is 16.1. The molecule has 2 unspecified atom stereocenters. The van der Waals surface area contributed by atoms with Gasteiger partial charge in [0.2, 0.25) is 0 Å². The lowest BCUT2D eigenvalue weighted by atomic mass is 10.0. The summed E-state index contributed by atoms with van der Waals surface area (Å²) in [5.74, 6) is 1.28. The Morgan fingerprint density at radius 1 is 1.07 bits per heavy atom. The van der Waals surface area contributed by atoms with Gasteiger partial charge >= 0.3 is 5.97 Å². The lowest BCUT2D eigenvalue weighted by Crippen LogP contribution is -2.20. The van der Waals surface area contributed by atoms with Crippen molar-refractivity contribution >= 4 is 24.3 Å². The van der Waals surface area contributed by atoms with Crippen molar-refractivity contribution in [3.63, 3.8) is 0 Å². The van der Waals surface area contributed by atoms with E-state index in [0.717, 1.165) is 17.0 Å². The summed E-state index contributed by atoms with van der Waals surface area (Å²) in [5.41, 5.74) is 1.84. The minimum atomic E-state index is -1.00. The predicted octanol–water partition coefficient (Wildman–Crippen LogP) is 5.30. The van der Waals surface area contributed by atoms with Gasteiger partial charge in [-0.15, -0.1) is 0 Å². The summed E-state index contributed by atoms with van der Waals surface area (Å²) >= 11 is 4.38. The van der Waals surface area contributed by atoms with Crippen LogP contribution in [-0.2, 0) is 4.79 Å². The second kappa shape index (κ2) is 8.39. The van der Waals surface area contributed by atoms with Gasteiger partial charge in [-0.1, -0.05) is 32.0 Å². The standard InChI is InChI=1S/C21H23NO4S/c1-13(2)14-6-3-4-7-16(14)22-20(21(23)24)19-10-9-18(26-19)15(12-27)17-8-5-11-25-17/h3-11,13,15,20,22,27H,12H2,1-2H3,(H,23,24). The van der Waals surface area contributed by atoms with E-state index in [9.17, 15) is 9.90 Å². The number of furan rings is 2. The van der Waals surface area contributed by atoms with Gasteiger partial charge in [-0.25, -0.2) is 4.79 Å². The maximum Gasteiger partial charge on any atom is 0.334 e. The summed E-state index contributed by atoms with van der Waals surface area (Å²) in [6.45, 7) is 4.14. The third kappa shape index (κ3) is 4.22. The predicted molar refractivity (Wildman–Crippen MR) is 108 cm³/mol.